The van der Waals surface area contributed by atoms with Crippen molar-refractivity contribution in [1.29, 1.82) is 0 Å². The van der Waals surface area contributed by atoms with E-state index in [1.54, 1.807) is 0 Å². The average Bonchev–Trinajstić information content (AvgIpc) is 2.96. The Hall–Kier alpha value is -0.0800. The zero-order valence-electron chi connectivity index (χ0n) is 11.3. The molecule has 17 heavy (non-hydrogen) atoms. The second-order valence-electron chi connectivity index (χ2n) is 6.30. The summed E-state index contributed by atoms with van der Waals surface area (Å²) in [4.78, 5) is 2.92. The standard InChI is InChI=1S/C15H28N2/c1-2-16-13-8-4-10-15(13)17-11-5-7-12-6-3-9-14(12)17/h12-16H,2-11H2,1H3. The van der Waals surface area contributed by atoms with E-state index in [-0.39, 0.29) is 0 Å². The maximum Gasteiger partial charge on any atom is 0.0252 e. The summed E-state index contributed by atoms with van der Waals surface area (Å²) in [6.45, 7) is 4.78. The Morgan fingerprint density at radius 2 is 1.71 bits per heavy atom. The van der Waals surface area contributed by atoms with Gasteiger partial charge >= 0.3 is 0 Å². The normalized spacial score (nSPS) is 42.9. The Morgan fingerprint density at radius 1 is 0.941 bits per heavy atom. The van der Waals surface area contributed by atoms with E-state index in [0.29, 0.717) is 0 Å². The van der Waals surface area contributed by atoms with Crippen LogP contribution in [0.2, 0.25) is 0 Å². The topological polar surface area (TPSA) is 15.3 Å². The number of piperidine rings is 1. The molecule has 0 aromatic carbocycles. The van der Waals surface area contributed by atoms with Gasteiger partial charge in [0.25, 0.3) is 0 Å². The summed E-state index contributed by atoms with van der Waals surface area (Å²) >= 11 is 0. The van der Waals surface area contributed by atoms with Gasteiger partial charge in [-0.25, -0.2) is 0 Å². The second-order valence-corrected chi connectivity index (χ2v) is 6.30. The van der Waals surface area contributed by atoms with Crippen molar-refractivity contribution in [2.45, 2.75) is 76.4 Å². The van der Waals surface area contributed by atoms with Crippen LogP contribution in [0.4, 0.5) is 0 Å². The molecule has 3 rings (SSSR count). The first-order chi connectivity index (χ1) is 8.40. The third-order valence-corrected chi connectivity index (χ3v) is 5.41. The van der Waals surface area contributed by atoms with Crippen molar-refractivity contribution < 1.29 is 0 Å². The third-order valence-electron chi connectivity index (χ3n) is 5.41. The summed E-state index contributed by atoms with van der Waals surface area (Å²) in [5.74, 6) is 1.05. The van der Waals surface area contributed by atoms with Gasteiger partial charge in [0.15, 0.2) is 0 Å². The first kappa shape index (κ1) is 12.0. The lowest BCUT2D eigenvalue weighted by molar-refractivity contribution is 0.0580. The SMILES string of the molecule is CCNC1CCCC1N1CCCC2CCCC21. The van der Waals surface area contributed by atoms with Crippen molar-refractivity contribution in [3.05, 3.63) is 0 Å². The molecular weight excluding hydrogens is 208 g/mol. The number of likely N-dealkylation sites (N-methyl/N-ethyl adjacent to an activating group) is 1. The van der Waals surface area contributed by atoms with Gasteiger partial charge in [0.1, 0.15) is 0 Å². The highest BCUT2D eigenvalue weighted by Crippen LogP contribution is 2.40. The van der Waals surface area contributed by atoms with Crippen LogP contribution in [-0.4, -0.2) is 36.1 Å². The van der Waals surface area contributed by atoms with Crippen molar-refractivity contribution in [1.82, 2.24) is 10.2 Å². The van der Waals surface area contributed by atoms with Crippen molar-refractivity contribution in [2.24, 2.45) is 5.92 Å². The zero-order valence-corrected chi connectivity index (χ0v) is 11.3. The monoisotopic (exact) mass is 236 g/mol. The summed E-state index contributed by atoms with van der Waals surface area (Å²) in [7, 11) is 0. The van der Waals surface area contributed by atoms with Crippen LogP contribution in [0, 0.1) is 5.92 Å². The number of rotatable bonds is 3. The Kier molecular flexibility index (Phi) is 3.72. The molecule has 1 aliphatic heterocycles. The van der Waals surface area contributed by atoms with Crippen LogP contribution in [0.15, 0.2) is 0 Å². The van der Waals surface area contributed by atoms with Crippen molar-refractivity contribution in [2.75, 3.05) is 13.1 Å². The summed E-state index contributed by atoms with van der Waals surface area (Å²) in [5, 5.41) is 3.73. The minimum Gasteiger partial charge on any atom is -0.313 e. The summed E-state index contributed by atoms with van der Waals surface area (Å²) < 4.78 is 0. The van der Waals surface area contributed by atoms with Crippen LogP contribution in [-0.2, 0) is 0 Å². The molecule has 0 aromatic rings. The number of hydrogen-bond donors (Lipinski definition) is 1. The molecule has 2 nitrogen and oxygen atoms in total. The fourth-order valence-corrected chi connectivity index (χ4v) is 4.74. The van der Waals surface area contributed by atoms with Gasteiger partial charge in [0.05, 0.1) is 0 Å². The van der Waals surface area contributed by atoms with Gasteiger partial charge in [-0.1, -0.05) is 19.8 Å². The van der Waals surface area contributed by atoms with Gasteiger partial charge in [0.2, 0.25) is 0 Å². The van der Waals surface area contributed by atoms with Crippen LogP contribution in [0.25, 0.3) is 0 Å². The molecule has 0 spiro atoms. The average molecular weight is 236 g/mol. The minimum absolute atomic E-state index is 0.791. The lowest BCUT2D eigenvalue weighted by Gasteiger charge is -2.43. The van der Waals surface area contributed by atoms with E-state index in [1.165, 1.54) is 57.9 Å². The molecule has 0 aromatic heterocycles. The summed E-state index contributed by atoms with van der Waals surface area (Å²) in [6.07, 6.45) is 11.8. The Bertz CT molecular complexity index is 253. The van der Waals surface area contributed by atoms with E-state index in [9.17, 15) is 0 Å². The van der Waals surface area contributed by atoms with Crippen molar-refractivity contribution in [3.63, 3.8) is 0 Å². The maximum atomic E-state index is 3.73. The summed E-state index contributed by atoms with van der Waals surface area (Å²) in [6, 6.07) is 2.60. The quantitative estimate of drug-likeness (QED) is 0.810. The number of fused-ring (bicyclic) bond motifs is 1. The van der Waals surface area contributed by atoms with Crippen LogP contribution < -0.4 is 5.32 Å². The van der Waals surface area contributed by atoms with E-state index >= 15 is 0 Å². The van der Waals surface area contributed by atoms with Gasteiger partial charge in [-0.2, -0.15) is 0 Å². The molecule has 3 aliphatic rings. The minimum atomic E-state index is 0.791. The van der Waals surface area contributed by atoms with Gasteiger partial charge in [-0.15, -0.1) is 0 Å². The maximum absolute atomic E-state index is 3.73. The molecule has 2 saturated carbocycles. The molecule has 4 atom stereocenters. The highest BCUT2D eigenvalue weighted by molar-refractivity contribution is 4.98. The van der Waals surface area contributed by atoms with E-state index < -0.39 is 0 Å². The van der Waals surface area contributed by atoms with E-state index in [4.69, 9.17) is 0 Å². The molecule has 2 heteroatoms. The summed E-state index contributed by atoms with van der Waals surface area (Å²) in [5.41, 5.74) is 0. The smallest absolute Gasteiger partial charge is 0.0252 e. The van der Waals surface area contributed by atoms with Crippen molar-refractivity contribution in [3.8, 4) is 0 Å². The third kappa shape index (κ3) is 2.26. The van der Waals surface area contributed by atoms with Gasteiger partial charge in [0, 0.05) is 18.1 Å². The Labute approximate surface area is 106 Å². The predicted molar refractivity (Wildman–Crippen MR) is 72.2 cm³/mol. The largest absolute Gasteiger partial charge is 0.313 e. The molecular formula is C15H28N2. The molecule has 1 N–H and O–H groups in total. The molecule has 0 bridgehead atoms. The first-order valence-corrected chi connectivity index (χ1v) is 7.89. The van der Waals surface area contributed by atoms with Crippen molar-refractivity contribution >= 4 is 0 Å². The second kappa shape index (κ2) is 5.27. The van der Waals surface area contributed by atoms with Gasteiger partial charge in [-0.05, 0) is 57.5 Å². The van der Waals surface area contributed by atoms with E-state index in [1.807, 2.05) is 0 Å². The molecule has 1 heterocycles. The molecule has 4 unspecified atom stereocenters. The predicted octanol–water partition coefficient (Wildman–Crippen LogP) is 2.78. The Balaban J connectivity index is 1.69. The highest BCUT2D eigenvalue weighted by atomic mass is 15.2. The lowest BCUT2D eigenvalue weighted by atomic mass is 9.90. The highest BCUT2D eigenvalue weighted by Gasteiger charge is 2.41. The van der Waals surface area contributed by atoms with E-state index in [2.05, 4.69) is 17.1 Å². The fraction of sp³-hybridized carbons (Fsp3) is 1.00. The van der Waals surface area contributed by atoms with Gasteiger partial charge in [-0.3, -0.25) is 4.90 Å². The number of hydrogen-bond acceptors (Lipinski definition) is 2. The lowest BCUT2D eigenvalue weighted by Crippen LogP contribution is -2.54. The van der Waals surface area contributed by atoms with Crippen LogP contribution in [0.3, 0.4) is 0 Å². The molecule has 98 valence electrons. The molecule has 1 saturated heterocycles. The fourth-order valence-electron chi connectivity index (χ4n) is 4.74. The molecule has 0 radical (unpaired) electrons. The Morgan fingerprint density at radius 3 is 2.59 bits per heavy atom. The van der Waals surface area contributed by atoms with Gasteiger partial charge < -0.3 is 5.32 Å². The molecule has 0 amide bonds. The van der Waals surface area contributed by atoms with Crippen LogP contribution >= 0.6 is 0 Å². The van der Waals surface area contributed by atoms with E-state index in [0.717, 1.165) is 30.6 Å². The number of nitrogens with one attached hydrogen (secondary N) is 1. The zero-order chi connectivity index (χ0) is 11.7. The number of nitrogens with zero attached hydrogens (tertiary/aromatic N) is 1. The number of likely N-dealkylation sites (tertiary alicyclic amines) is 1. The van der Waals surface area contributed by atoms with Crippen LogP contribution in [0.5, 0.6) is 0 Å². The molecule has 3 fully saturated rings. The molecule has 2 aliphatic carbocycles. The first-order valence-electron chi connectivity index (χ1n) is 7.89. The van der Waals surface area contributed by atoms with Crippen LogP contribution in [0.1, 0.15) is 58.3 Å².